The van der Waals surface area contributed by atoms with Gasteiger partial charge in [-0.25, -0.2) is 13.2 Å². The molecule has 0 aromatic heterocycles. The summed E-state index contributed by atoms with van der Waals surface area (Å²) in [7, 11) is -3.98. The Morgan fingerprint density at radius 3 is 2.52 bits per heavy atom. The molecule has 5 N–H and O–H groups in total. The number of nitrogens with zero attached hydrogens (tertiary/aromatic N) is 2. The van der Waals surface area contributed by atoms with Crippen LogP contribution in [0.4, 0.5) is 5.69 Å². The lowest BCUT2D eigenvalue weighted by Crippen LogP contribution is -2.53. The third kappa shape index (κ3) is 8.96. The molecule has 1 saturated heterocycles. The molecule has 44 heavy (non-hydrogen) atoms. The van der Waals surface area contributed by atoms with Crippen LogP contribution >= 0.6 is 11.8 Å². The maximum absolute atomic E-state index is 13.5. The van der Waals surface area contributed by atoms with Crippen LogP contribution in [0.25, 0.3) is 0 Å². The second-order valence-corrected chi connectivity index (χ2v) is 13.7. The molecule has 2 amide bonds. The lowest BCUT2D eigenvalue weighted by atomic mass is 10.0. The number of hydrogen-bond acceptors (Lipinski definition) is 9. The van der Waals surface area contributed by atoms with Crippen LogP contribution in [-0.4, -0.2) is 84.4 Å². The van der Waals surface area contributed by atoms with E-state index in [2.05, 4.69) is 26.3 Å². The van der Waals surface area contributed by atoms with Crippen LogP contribution in [0, 0.1) is 0 Å². The molecule has 2 aromatic carbocycles. The molecule has 2 aliphatic heterocycles. The Bertz CT molecular complexity index is 1420. The second-order valence-electron chi connectivity index (χ2n) is 10.6. The number of guanidine groups is 1. The number of benzene rings is 2. The van der Waals surface area contributed by atoms with Gasteiger partial charge in [0.1, 0.15) is 12.1 Å². The van der Waals surface area contributed by atoms with Crippen molar-refractivity contribution >= 4 is 51.2 Å². The van der Waals surface area contributed by atoms with E-state index in [-0.39, 0.29) is 23.0 Å². The molecule has 2 heterocycles. The quantitative estimate of drug-likeness (QED) is 0.194. The Labute approximate surface area is 262 Å². The van der Waals surface area contributed by atoms with Gasteiger partial charge < -0.3 is 26.4 Å². The fraction of sp³-hybridized carbons (Fsp3) is 0.467. The first-order valence-corrected chi connectivity index (χ1v) is 17.3. The highest BCUT2D eigenvalue weighted by Gasteiger charge is 2.46. The number of amides is 2. The number of nitrogens with one attached hydrogen (secondary N) is 4. The smallest absolute Gasteiger partial charge is 0.326 e. The van der Waals surface area contributed by atoms with Gasteiger partial charge in [-0.2, -0.15) is 4.31 Å². The Morgan fingerprint density at radius 1 is 1.11 bits per heavy atom. The van der Waals surface area contributed by atoms with Crippen molar-refractivity contribution in [2.24, 2.45) is 4.99 Å². The Kier molecular flexibility index (Phi) is 12.0. The van der Waals surface area contributed by atoms with Crippen LogP contribution in [0.2, 0.25) is 0 Å². The fourth-order valence-corrected chi connectivity index (χ4v) is 8.57. The molecule has 1 fully saturated rings. The summed E-state index contributed by atoms with van der Waals surface area (Å²) in [4.78, 5) is 42.2. The van der Waals surface area contributed by atoms with E-state index in [1.165, 1.54) is 28.2 Å². The zero-order valence-corrected chi connectivity index (χ0v) is 26.3. The van der Waals surface area contributed by atoms with Gasteiger partial charge in [-0.15, -0.1) is 11.8 Å². The van der Waals surface area contributed by atoms with E-state index in [0.29, 0.717) is 30.5 Å². The van der Waals surface area contributed by atoms with Gasteiger partial charge in [-0.05, 0) is 55.5 Å². The molecule has 4 rings (SSSR count). The molecule has 14 heteroatoms. The molecule has 0 aliphatic carbocycles. The number of rotatable bonds is 14. The van der Waals surface area contributed by atoms with Crippen molar-refractivity contribution < 1.29 is 27.9 Å². The van der Waals surface area contributed by atoms with E-state index < -0.39 is 39.4 Å². The van der Waals surface area contributed by atoms with Gasteiger partial charge in [0.25, 0.3) is 0 Å². The van der Waals surface area contributed by atoms with Crippen LogP contribution in [0.3, 0.4) is 0 Å². The summed E-state index contributed by atoms with van der Waals surface area (Å²) in [5, 5.41) is 21.3. The lowest BCUT2D eigenvalue weighted by molar-refractivity contribution is -0.142. The number of sulfonamides is 1. The molecule has 0 spiro atoms. The summed E-state index contributed by atoms with van der Waals surface area (Å²) < 4.78 is 28.1. The molecule has 0 bridgehead atoms. The highest BCUT2D eigenvalue weighted by molar-refractivity contribution is 8.01. The molecule has 0 saturated carbocycles. The lowest BCUT2D eigenvalue weighted by Gasteiger charge is -2.28. The molecular weight excluding hydrogens is 605 g/mol. The SMILES string of the molecule is CCC1SC[C@@H](C(=O)N[C@@H](Cc2ccc(NC(=O)CCCCNC3=NCCCN3)cc2)C(=O)O)N1S(=O)(=O)c1ccccc1. The number of aliphatic imine (C=N–C) groups is 1. The molecular formula is C30H40N6O6S2. The minimum Gasteiger partial charge on any atom is -0.480 e. The van der Waals surface area contributed by atoms with Crippen molar-refractivity contribution in [3.05, 3.63) is 60.2 Å². The van der Waals surface area contributed by atoms with Crippen molar-refractivity contribution in [3.8, 4) is 0 Å². The Balaban J connectivity index is 1.29. The largest absolute Gasteiger partial charge is 0.480 e. The maximum Gasteiger partial charge on any atom is 0.326 e. The van der Waals surface area contributed by atoms with Crippen molar-refractivity contribution in [2.75, 3.05) is 30.7 Å². The molecule has 238 valence electrons. The first-order chi connectivity index (χ1) is 21.2. The fourth-order valence-electron chi connectivity index (χ4n) is 5.00. The van der Waals surface area contributed by atoms with Crippen LogP contribution in [0.15, 0.2) is 64.5 Å². The Hall–Kier alpha value is -3.62. The van der Waals surface area contributed by atoms with Crippen molar-refractivity contribution in [3.63, 3.8) is 0 Å². The topological polar surface area (TPSA) is 169 Å². The predicted octanol–water partition coefficient (Wildman–Crippen LogP) is 2.39. The number of carboxylic acid groups (broad SMARTS) is 1. The number of carbonyl (C=O) groups excluding carboxylic acids is 2. The van der Waals surface area contributed by atoms with Gasteiger partial charge in [0.05, 0.1) is 10.3 Å². The number of aliphatic carboxylic acids is 1. The summed E-state index contributed by atoms with van der Waals surface area (Å²) in [5.74, 6) is -0.961. The van der Waals surface area contributed by atoms with E-state index in [4.69, 9.17) is 0 Å². The summed E-state index contributed by atoms with van der Waals surface area (Å²) >= 11 is 1.36. The molecule has 2 aromatic rings. The number of unbranched alkanes of at least 4 members (excludes halogenated alkanes) is 1. The van der Waals surface area contributed by atoms with E-state index in [1.807, 2.05) is 6.92 Å². The second kappa shape index (κ2) is 15.9. The Morgan fingerprint density at radius 2 is 1.86 bits per heavy atom. The first-order valence-electron chi connectivity index (χ1n) is 14.8. The molecule has 1 unspecified atom stereocenters. The first kappa shape index (κ1) is 33.3. The highest BCUT2D eigenvalue weighted by Crippen LogP contribution is 2.36. The minimum atomic E-state index is -3.98. The number of anilines is 1. The molecule has 3 atom stereocenters. The molecule has 0 radical (unpaired) electrons. The highest BCUT2D eigenvalue weighted by atomic mass is 32.2. The molecule has 2 aliphatic rings. The van der Waals surface area contributed by atoms with E-state index in [9.17, 15) is 27.9 Å². The van der Waals surface area contributed by atoms with E-state index in [0.717, 1.165) is 38.4 Å². The van der Waals surface area contributed by atoms with Crippen LogP contribution < -0.4 is 21.3 Å². The number of carbonyl (C=O) groups is 3. The average Bonchev–Trinajstić information content (AvgIpc) is 3.48. The number of thioether (sulfide) groups is 1. The van der Waals surface area contributed by atoms with Gasteiger partial charge in [-0.3, -0.25) is 14.6 Å². The zero-order chi connectivity index (χ0) is 31.5. The van der Waals surface area contributed by atoms with Crippen LogP contribution in [0.1, 0.15) is 44.6 Å². The summed E-state index contributed by atoms with van der Waals surface area (Å²) in [5.41, 5.74) is 1.23. The predicted molar refractivity (Wildman–Crippen MR) is 171 cm³/mol. The van der Waals surface area contributed by atoms with Gasteiger partial charge in [0.2, 0.25) is 21.8 Å². The van der Waals surface area contributed by atoms with Gasteiger partial charge in [0, 0.05) is 43.9 Å². The third-order valence-corrected chi connectivity index (χ3v) is 10.8. The standard InChI is InChI=1S/C30H40N6O6S2/c1-2-27-36(44(41,42)23-9-4-3-5-10-23)25(20-43-27)28(38)35-24(29(39)40)19-21-12-14-22(15-13-21)34-26(37)11-6-7-16-31-30-32-17-8-18-33-30/h3-5,9-10,12-15,24-25,27H,2,6-8,11,16-20H2,1H3,(H,34,37)(H,35,38)(H,39,40)(H2,31,32,33)/t24-,25-,27?/m0/s1. The normalized spacial score (nSPS) is 19.3. The van der Waals surface area contributed by atoms with Gasteiger partial charge in [-0.1, -0.05) is 37.3 Å². The number of hydrogen-bond donors (Lipinski definition) is 5. The zero-order valence-electron chi connectivity index (χ0n) is 24.7. The summed E-state index contributed by atoms with van der Waals surface area (Å²) in [6.07, 6.45) is 3.43. The average molecular weight is 645 g/mol. The molecule has 12 nitrogen and oxygen atoms in total. The van der Waals surface area contributed by atoms with E-state index >= 15 is 0 Å². The van der Waals surface area contributed by atoms with Crippen molar-refractivity contribution in [1.29, 1.82) is 0 Å². The van der Waals surface area contributed by atoms with Gasteiger partial charge >= 0.3 is 5.97 Å². The number of carboxylic acids is 1. The van der Waals surface area contributed by atoms with Crippen LogP contribution in [0.5, 0.6) is 0 Å². The van der Waals surface area contributed by atoms with Gasteiger partial charge in [0.15, 0.2) is 5.96 Å². The summed E-state index contributed by atoms with van der Waals surface area (Å²) in [6.45, 7) is 4.32. The van der Waals surface area contributed by atoms with Crippen molar-refractivity contribution in [1.82, 2.24) is 20.3 Å². The van der Waals surface area contributed by atoms with Crippen LogP contribution in [-0.2, 0) is 30.8 Å². The van der Waals surface area contributed by atoms with E-state index in [1.54, 1.807) is 42.5 Å². The minimum absolute atomic E-state index is 0.00898. The third-order valence-electron chi connectivity index (χ3n) is 7.32. The summed E-state index contributed by atoms with van der Waals surface area (Å²) in [6, 6.07) is 12.4. The maximum atomic E-state index is 13.5. The van der Waals surface area contributed by atoms with Crippen molar-refractivity contribution in [2.45, 2.75) is 67.8 Å². The monoisotopic (exact) mass is 644 g/mol.